The molecule has 0 bridgehead atoms. The Labute approximate surface area is 96.8 Å². The van der Waals surface area contributed by atoms with Crippen molar-refractivity contribution in [2.24, 2.45) is 0 Å². The Morgan fingerprint density at radius 1 is 1.24 bits per heavy atom. The van der Waals surface area contributed by atoms with Crippen molar-refractivity contribution in [3.63, 3.8) is 0 Å². The summed E-state index contributed by atoms with van der Waals surface area (Å²) >= 11 is 0. The second-order valence-electron chi connectivity index (χ2n) is 4.70. The van der Waals surface area contributed by atoms with Gasteiger partial charge in [-0.25, -0.2) is 0 Å². The van der Waals surface area contributed by atoms with Crippen molar-refractivity contribution in [1.82, 2.24) is 0 Å². The van der Waals surface area contributed by atoms with Crippen LogP contribution in [0.5, 0.6) is 5.75 Å². The number of nitrogens with one attached hydrogen (secondary N) is 1. The van der Waals surface area contributed by atoms with Crippen LogP contribution in [-0.2, 0) is 6.18 Å². The molecule has 1 fully saturated rings. The molecular weight excluding hydrogens is 231 g/mol. The molecular formula is C12H12F3NO. The van der Waals surface area contributed by atoms with Gasteiger partial charge in [-0.2, -0.15) is 13.2 Å². The zero-order valence-corrected chi connectivity index (χ0v) is 9.10. The molecule has 1 aromatic carbocycles. The minimum Gasteiger partial charge on any atom is -0.483 e. The molecule has 0 radical (unpaired) electrons. The lowest BCUT2D eigenvalue weighted by Crippen LogP contribution is -2.51. The monoisotopic (exact) mass is 243 g/mol. The number of benzene rings is 1. The molecule has 0 amide bonds. The van der Waals surface area contributed by atoms with E-state index in [1.165, 1.54) is 6.07 Å². The van der Waals surface area contributed by atoms with Gasteiger partial charge in [0.1, 0.15) is 11.4 Å². The number of anilines is 1. The summed E-state index contributed by atoms with van der Waals surface area (Å²) in [6.07, 6.45) is -1.41. The summed E-state index contributed by atoms with van der Waals surface area (Å²) in [6.45, 7) is 0.686. The van der Waals surface area contributed by atoms with Crippen molar-refractivity contribution in [3.05, 3.63) is 23.8 Å². The molecule has 17 heavy (non-hydrogen) atoms. The van der Waals surface area contributed by atoms with Crippen LogP contribution >= 0.6 is 0 Å². The minimum atomic E-state index is -4.32. The van der Waals surface area contributed by atoms with Crippen LogP contribution in [0.15, 0.2) is 18.2 Å². The minimum absolute atomic E-state index is 0.267. The van der Waals surface area contributed by atoms with Crippen molar-refractivity contribution in [3.8, 4) is 5.75 Å². The molecule has 1 N–H and O–H groups in total. The molecule has 1 aromatic rings. The fourth-order valence-corrected chi connectivity index (χ4v) is 2.30. The first-order valence-electron chi connectivity index (χ1n) is 5.63. The quantitative estimate of drug-likeness (QED) is 0.753. The molecule has 1 aliphatic heterocycles. The van der Waals surface area contributed by atoms with Crippen LogP contribution in [-0.4, -0.2) is 12.1 Å². The van der Waals surface area contributed by atoms with Crippen LogP contribution in [0, 0.1) is 0 Å². The summed E-state index contributed by atoms with van der Waals surface area (Å²) in [6, 6.07) is 3.60. The van der Waals surface area contributed by atoms with E-state index in [9.17, 15) is 13.2 Å². The second-order valence-corrected chi connectivity index (χ2v) is 4.70. The molecule has 1 heterocycles. The Hall–Kier alpha value is -1.39. The number of alkyl halides is 3. The van der Waals surface area contributed by atoms with Gasteiger partial charge in [-0.05, 0) is 37.5 Å². The Balaban J connectivity index is 1.94. The highest BCUT2D eigenvalue weighted by molar-refractivity contribution is 5.60. The Morgan fingerprint density at radius 3 is 2.59 bits per heavy atom. The topological polar surface area (TPSA) is 21.3 Å². The Morgan fingerprint density at radius 2 is 2.00 bits per heavy atom. The zero-order valence-electron chi connectivity index (χ0n) is 9.10. The maximum atomic E-state index is 12.6. The van der Waals surface area contributed by atoms with Crippen LogP contribution in [0.25, 0.3) is 0 Å². The van der Waals surface area contributed by atoms with E-state index in [2.05, 4.69) is 5.32 Å². The molecule has 0 unspecified atom stereocenters. The molecule has 2 aliphatic rings. The highest BCUT2D eigenvalue weighted by atomic mass is 19.4. The highest BCUT2D eigenvalue weighted by Crippen LogP contribution is 2.44. The second kappa shape index (κ2) is 3.31. The highest BCUT2D eigenvalue weighted by Gasteiger charge is 2.42. The standard InChI is InChI=1S/C12H12F3NO/c13-12(14,15)8-2-3-9-10(6-8)17-11(7-16-9)4-1-5-11/h2-3,6,16H,1,4-5,7H2. The van der Waals surface area contributed by atoms with Crippen LogP contribution in [0.2, 0.25) is 0 Å². The maximum Gasteiger partial charge on any atom is 0.416 e. The van der Waals surface area contributed by atoms with Gasteiger partial charge in [-0.3, -0.25) is 0 Å². The Bertz CT molecular complexity index is 452. The third-order valence-electron chi connectivity index (χ3n) is 3.50. The number of hydrogen-bond donors (Lipinski definition) is 1. The lowest BCUT2D eigenvalue weighted by Gasteiger charge is -2.45. The van der Waals surface area contributed by atoms with Crippen molar-refractivity contribution in [2.45, 2.75) is 31.0 Å². The zero-order chi connectivity index (χ0) is 12.1. The van der Waals surface area contributed by atoms with E-state index in [1.54, 1.807) is 0 Å². The van der Waals surface area contributed by atoms with Crippen molar-refractivity contribution >= 4 is 5.69 Å². The van der Waals surface area contributed by atoms with Crippen LogP contribution < -0.4 is 10.1 Å². The smallest absolute Gasteiger partial charge is 0.416 e. The van der Waals surface area contributed by atoms with Gasteiger partial charge >= 0.3 is 6.18 Å². The first kappa shape index (κ1) is 10.7. The van der Waals surface area contributed by atoms with Crippen molar-refractivity contribution in [2.75, 3.05) is 11.9 Å². The van der Waals surface area contributed by atoms with E-state index in [1.807, 2.05) is 0 Å². The number of fused-ring (bicyclic) bond motifs is 1. The molecule has 3 rings (SSSR count). The summed E-state index contributed by atoms with van der Waals surface area (Å²) in [5, 5.41) is 3.14. The van der Waals surface area contributed by atoms with Gasteiger partial charge in [0.15, 0.2) is 0 Å². The van der Waals surface area contributed by atoms with Crippen molar-refractivity contribution < 1.29 is 17.9 Å². The molecule has 0 aromatic heterocycles. The van der Waals surface area contributed by atoms with Gasteiger partial charge in [0, 0.05) is 0 Å². The summed E-state index contributed by atoms with van der Waals surface area (Å²) < 4.78 is 43.4. The summed E-state index contributed by atoms with van der Waals surface area (Å²) in [5.41, 5.74) is -0.276. The van der Waals surface area contributed by atoms with Crippen molar-refractivity contribution in [1.29, 1.82) is 0 Å². The third-order valence-corrected chi connectivity index (χ3v) is 3.50. The molecule has 1 spiro atoms. The van der Waals surface area contributed by atoms with Crippen LogP contribution in [0.4, 0.5) is 18.9 Å². The molecule has 1 saturated carbocycles. The Kier molecular flexibility index (Phi) is 2.09. The number of hydrogen-bond acceptors (Lipinski definition) is 2. The van der Waals surface area contributed by atoms with E-state index < -0.39 is 11.7 Å². The summed E-state index contributed by atoms with van der Waals surface area (Å²) in [4.78, 5) is 0. The van der Waals surface area contributed by atoms with Crippen LogP contribution in [0.1, 0.15) is 24.8 Å². The first-order valence-corrected chi connectivity index (χ1v) is 5.63. The molecule has 92 valence electrons. The molecule has 5 heteroatoms. The fraction of sp³-hybridized carbons (Fsp3) is 0.500. The van der Waals surface area contributed by atoms with Gasteiger partial charge in [-0.1, -0.05) is 0 Å². The van der Waals surface area contributed by atoms with Gasteiger partial charge in [-0.15, -0.1) is 0 Å². The largest absolute Gasteiger partial charge is 0.483 e. The van der Waals surface area contributed by atoms with E-state index in [0.29, 0.717) is 18.0 Å². The number of ether oxygens (including phenoxy) is 1. The predicted molar refractivity (Wildman–Crippen MR) is 57.1 cm³/mol. The first-order chi connectivity index (χ1) is 7.99. The average molecular weight is 243 g/mol. The lowest BCUT2D eigenvalue weighted by molar-refractivity contribution is -0.137. The third kappa shape index (κ3) is 1.73. The molecule has 0 atom stereocenters. The summed E-state index contributed by atoms with van der Waals surface area (Å²) in [7, 11) is 0. The van der Waals surface area contributed by atoms with Gasteiger partial charge in [0.05, 0.1) is 17.8 Å². The SMILES string of the molecule is FC(F)(F)c1ccc2c(c1)OC1(CCC1)CN2. The van der Waals surface area contributed by atoms with Gasteiger partial charge in [0.25, 0.3) is 0 Å². The fourth-order valence-electron chi connectivity index (χ4n) is 2.30. The normalized spacial score (nSPS) is 21.1. The summed E-state index contributed by atoms with van der Waals surface area (Å²) in [5.74, 6) is 0.325. The van der Waals surface area contributed by atoms with E-state index in [-0.39, 0.29) is 5.60 Å². The van der Waals surface area contributed by atoms with Gasteiger partial charge in [0.2, 0.25) is 0 Å². The van der Waals surface area contributed by atoms with Gasteiger partial charge < -0.3 is 10.1 Å². The molecule has 0 saturated heterocycles. The lowest BCUT2D eigenvalue weighted by atomic mass is 9.79. The maximum absolute atomic E-state index is 12.6. The van der Waals surface area contributed by atoms with E-state index in [0.717, 1.165) is 31.4 Å². The average Bonchev–Trinajstić information content (AvgIpc) is 2.24. The molecule has 2 nitrogen and oxygen atoms in total. The number of halogens is 3. The van der Waals surface area contributed by atoms with Crippen LogP contribution in [0.3, 0.4) is 0 Å². The molecule has 1 aliphatic carbocycles. The van der Waals surface area contributed by atoms with E-state index >= 15 is 0 Å². The predicted octanol–water partition coefficient (Wildman–Crippen LogP) is 3.43. The van der Waals surface area contributed by atoms with E-state index in [4.69, 9.17) is 4.74 Å². The number of rotatable bonds is 0.